The molecule has 1 amide bonds. The first-order valence-corrected chi connectivity index (χ1v) is 6.77. The Labute approximate surface area is 118 Å². The topological polar surface area (TPSA) is 55.6 Å². The van der Waals surface area contributed by atoms with Gasteiger partial charge in [0.2, 0.25) is 5.91 Å². The smallest absolute Gasteiger partial charge is 0.223 e. The molecule has 4 nitrogen and oxygen atoms in total. The first-order chi connectivity index (χ1) is 9.06. The van der Waals surface area contributed by atoms with Gasteiger partial charge in [-0.1, -0.05) is 31.3 Å². The van der Waals surface area contributed by atoms with Crippen molar-refractivity contribution in [2.24, 2.45) is 11.7 Å². The van der Waals surface area contributed by atoms with Crippen LogP contribution in [-0.2, 0) is 4.79 Å². The van der Waals surface area contributed by atoms with Crippen molar-refractivity contribution in [2.75, 3.05) is 19.7 Å². The van der Waals surface area contributed by atoms with E-state index in [9.17, 15) is 4.79 Å². The van der Waals surface area contributed by atoms with Crippen LogP contribution in [0.15, 0.2) is 24.3 Å². The highest BCUT2D eigenvalue weighted by Gasteiger charge is 2.25. The number of carbonyl (C=O) groups excluding carboxylic acids is 1. The summed E-state index contributed by atoms with van der Waals surface area (Å²) in [6.07, 6.45) is 0.650. The largest absolute Gasteiger partial charge is 0.492 e. The minimum atomic E-state index is 0.216. The van der Waals surface area contributed by atoms with Crippen molar-refractivity contribution >= 4 is 23.1 Å². The van der Waals surface area contributed by atoms with Crippen LogP contribution in [0.2, 0.25) is 0 Å². The van der Waals surface area contributed by atoms with Crippen molar-refractivity contribution in [2.45, 2.75) is 13.3 Å². The van der Waals surface area contributed by atoms with Crippen molar-refractivity contribution in [3.8, 4) is 5.75 Å². The zero-order chi connectivity index (χ0) is 13.8. The molecule has 0 aliphatic carbocycles. The summed E-state index contributed by atoms with van der Waals surface area (Å²) in [5.74, 6) is 1.39. The van der Waals surface area contributed by atoms with Gasteiger partial charge >= 0.3 is 0 Å². The summed E-state index contributed by atoms with van der Waals surface area (Å²) >= 11 is 4.92. The van der Waals surface area contributed by atoms with Crippen LogP contribution in [0.25, 0.3) is 0 Å². The number of ether oxygens (including phenoxy) is 1. The number of hydrogen-bond acceptors (Lipinski definition) is 3. The summed E-state index contributed by atoms with van der Waals surface area (Å²) in [4.78, 5) is 13.8. The van der Waals surface area contributed by atoms with E-state index in [-0.39, 0.29) is 5.91 Å². The monoisotopic (exact) mass is 278 g/mol. The number of nitrogens with zero attached hydrogens (tertiary/aromatic N) is 1. The molecule has 1 aromatic rings. The number of hydrogen-bond donors (Lipinski definition) is 1. The summed E-state index contributed by atoms with van der Waals surface area (Å²) < 4.78 is 5.63. The Morgan fingerprint density at radius 3 is 3.00 bits per heavy atom. The van der Waals surface area contributed by atoms with E-state index in [1.165, 1.54) is 0 Å². The van der Waals surface area contributed by atoms with E-state index in [4.69, 9.17) is 22.7 Å². The molecule has 5 heteroatoms. The summed E-state index contributed by atoms with van der Waals surface area (Å²) in [5.41, 5.74) is 6.36. The van der Waals surface area contributed by atoms with Gasteiger partial charge in [-0.25, -0.2) is 0 Å². The van der Waals surface area contributed by atoms with Crippen LogP contribution in [0.1, 0.15) is 18.9 Å². The molecule has 0 bridgehead atoms. The molecule has 0 saturated carbocycles. The Hall–Kier alpha value is -1.62. The van der Waals surface area contributed by atoms with E-state index in [0.717, 1.165) is 17.9 Å². The molecule has 102 valence electrons. The predicted molar refractivity (Wildman–Crippen MR) is 78.2 cm³/mol. The molecule has 1 aliphatic rings. The third-order valence-corrected chi connectivity index (χ3v) is 3.39. The van der Waals surface area contributed by atoms with Crippen molar-refractivity contribution in [3.05, 3.63) is 29.8 Å². The molecule has 1 atom stereocenters. The van der Waals surface area contributed by atoms with E-state index in [1.807, 2.05) is 29.2 Å². The lowest BCUT2D eigenvalue weighted by molar-refractivity contribution is -0.128. The lowest BCUT2D eigenvalue weighted by Gasteiger charge is -2.16. The molecular formula is C14H18N2O2S. The third kappa shape index (κ3) is 3.67. The highest BCUT2D eigenvalue weighted by atomic mass is 32.1. The fourth-order valence-corrected chi connectivity index (χ4v) is 2.33. The van der Waals surface area contributed by atoms with Gasteiger partial charge in [-0.05, 0) is 18.1 Å². The van der Waals surface area contributed by atoms with Crippen LogP contribution < -0.4 is 10.5 Å². The normalized spacial score (nSPS) is 18.7. The maximum absolute atomic E-state index is 11.6. The van der Waals surface area contributed by atoms with Gasteiger partial charge in [0.15, 0.2) is 0 Å². The fourth-order valence-electron chi connectivity index (χ4n) is 2.20. The minimum Gasteiger partial charge on any atom is -0.492 e. The maximum atomic E-state index is 11.6. The van der Waals surface area contributed by atoms with Crippen LogP contribution in [0.5, 0.6) is 5.75 Å². The van der Waals surface area contributed by atoms with Gasteiger partial charge in [-0.2, -0.15) is 0 Å². The molecule has 1 aromatic carbocycles. The Morgan fingerprint density at radius 2 is 2.37 bits per heavy atom. The maximum Gasteiger partial charge on any atom is 0.223 e. The van der Waals surface area contributed by atoms with Gasteiger partial charge in [0, 0.05) is 18.5 Å². The molecule has 1 fully saturated rings. The van der Waals surface area contributed by atoms with Crippen molar-refractivity contribution in [1.29, 1.82) is 0 Å². The van der Waals surface area contributed by atoms with Crippen LogP contribution in [-0.4, -0.2) is 35.5 Å². The molecule has 2 rings (SSSR count). The van der Waals surface area contributed by atoms with Crippen molar-refractivity contribution in [1.82, 2.24) is 4.90 Å². The molecule has 1 unspecified atom stereocenters. The molecule has 2 N–H and O–H groups in total. The lowest BCUT2D eigenvalue weighted by atomic mass is 10.2. The number of thiocarbonyl (C=S) groups is 1. The van der Waals surface area contributed by atoms with Gasteiger partial charge in [-0.15, -0.1) is 0 Å². The van der Waals surface area contributed by atoms with Gasteiger partial charge in [0.05, 0.1) is 6.54 Å². The molecule has 0 spiro atoms. The Balaban J connectivity index is 1.84. The fraction of sp³-hybridized carbons (Fsp3) is 0.429. The van der Waals surface area contributed by atoms with E-state index >= 15 is 0 Å². The van der Waals surface area contributed by atoms with Crippen LogP contribution in [0.4, 0.5) is 0 Å². The van der Waals surface area contributed by atoms with Gasteiger partial charge in [0.1, 0.15) is 17.3 Å². The van der Waals surface area contributed by atoms with Gasteiger partial charge in [0.25, 0.3) is 0 Å². The predicted octanol–water partition coefficient (Wildman–Crippen LogP) is 1.57. The molecule has 0 aromatic heterocycles. The number of nitrogens with two attached hydrogens (primary N) is 1. The quantitative estimate of drug-likeness (QED) is 0.831. The number of likely N-dealkylation sites (tertiary alicyclic amines) is 1. The number of carbonyl (C=O) groups is 1. The molecule has 0 radical (unpaired) electrons. The average molecular weight is 278 g/mol. The molecule has 19 heavy (non-hydrogen) atoms. The zero-order valence-electron chi connectivity index (χ0n) is 11.0. The first kappa shape index (κ1) is 13.8. The number of benzene rings is 1. The van der Waals surface area contributed by atoms with Crippen molar-refractivity contribution < 1.29 is 9.53 Å². The first-order valence-electron chi connectivity index (χ1n) is 6.36. The molecule has 1 saturated heterocycles. The van der Waals surface area contributed by atoms with E-state index in [0.29, 0.717) is 30.5 Å². The summed E-state index contributed by atoms with van der Waals surface area (Å²) in [6.45, 7) is 4.03. The summed E-state index contributed by atoms with van der Waals surface area (Å²) in [5, 5.41) is 0. The molecule has 1 aliphatic heterocycles. The van der Waals surface area contributed by atoms with E-state index < -0.39 is 0 Å². The average Bonchev–Trinajstić information content (AvgIpc) is 2.68. The third-order valence-electron chi connectivity index (χ3n) is 3.16. The highest BCUT2D eigenvalue weighted by Crippen LogP contribution is 2.17. The second kappa shape index (κ2) is 6.02. The summed E-state index contributed by atoms with van der Waals surface area (Å²) in [6, 6.07) is 7.38. The van der Waals surface area contributed by atoms with E-state index in [1.54, 1.807) is 0 Å². The second-order valence-corrected chi connectivity index (χ2v) is 5.33. The van der Waals surface area contributed by atoms with Gasteiger partial charge in [-0.3, -0.25) is 4.79 Å². The number of amides is 1. The molecule has 1 heterocycles. The SMILES string of the molecule is CC1CC(=O)N(CCOc2cccc(C(N)=S)c2)C1. The zero-order valence-corrected chi connectivity index (χ0v) is 11.8. The summed E-state index contributed by atoms with van der Waals surface area (Å²) in [7, 11) is 0. The van der Waals surface area contributed by atoms with E-state index in [2.05, 4.69) is 6.92 Å². The standard InChI is InChI=1S/C14H18N2O2S/c1-10-7-13(17)16(9-10)5-6-18-12-4-2-3-11(8-12)14(15)19/h2-4,8,10H,5-7,9H2,1H3,(H2,15,19). The minimum absolute atomic E-state index is 0.216. The lowest BCUT2D eigenvalue weighted by Crippen LogP contribution is -2.29. The van der Waals surface area contributed by atoms with Gasteiger partial charge < -0.3 is 15.4 Å². The second-order valence-electron chi connectivity index (χ2n) is 4.89. The highest BCUT2D eigenvalue weighted by molar-refractivity contribution is 7.80. The van der Waals surface area contributed by atoms with Crippen LogP contribution in [0.3, 0.4) is 0 Å². The number of rotatable bonds is 5. The Morgan fingerprint density at radius 1 is 1.58 bits per heavy atom. The van der Waals surface area contributed by atoms with Crippen LogP contribution >= 0.6 is 12.2 Å². The Bertz CT molecular complexity index is 490. The molecular weight excluding hydrogens is 260 g/mol. The Kier molecular flexibility index (Phi) is 4.37. The van der Waals surface area contributed by atoms with Crippen molar-refractivity contribution in [3.63, 3.8) is 0 Å². The van der Waals surface area contributed by atoms with Crippen LogP contribution in [0, 0.1) is 5.92 Å².